The molecule has 1 aromatic heterocycles. The number of hydrogen-bond acceptors (Lipinski definition) is 5. The molecule has 0 fully saturated rings. The van der Waals surface area contributed by atoms with E-state index in [1.807, 2.05) is 38.1 Å². The highest BCUT2D eigenvalue weighted by Gasteiger charge is 2.25. The van der Waals surface area contributed by atoms with Gasteiger partial charge in [-0.15, -0.1) is 0 Å². The van der Waals surface area contributed by atoms with Crippen LogP contribution >= 0.6 is 0 Å². The first-order chi connectivity index (χ1) is 12.5. The minimum atomic E-state index is -0.914. The average molecular weight is 352 g/mol. The maximum absolute atomic E-state index is 12.3. The Morgan fingerprint density at radius 3 is 2.54 bits per heavy atom. The van der Waals surface area contributed by atoms with E-state index in [4.69, 9.17) is 13.9 Å². The van der Waals surface area contributed by atoms with Gasteiger partial charge >= 0.3 is 11.6 Å². The Morgan fingerprint density at radius 1 is 1.15 bits per heavy atom. The van der Waals surface area contributed by atoms with Crippen molar-refractivity contribution in [2.24, 2.45) is 0 Å². The lowest BCUT2D eigenvalue weighted by Crippen LogP contribution is -2.20. The van der Waals surface area contributed by atoms with Gasteiger partial charge < -0.3 is 13.9 Å². The first-order valence-electron chi connectivity index (χ1n) is 8.40. The molecule has 1 atom stereocenters. The van der Waals surface area contributed by atoms with E-state index in [1.165, 1.54) is 13.2 Å². The molecule has 134 valence electrons. The van der Waals surface area contributed by atoms with E-state index in [-0.39, 0.29) is 0 Å². The largest absolute Gasteiger partial charge is 0.473 e. The van der Waals surface area contributed by atoms with Crippen LogP contribution < -0.4 is 10.4 Å². The van der Waals surface area contributed by atoms with Gasteiger partial charge in [-0.1, -0.05) is 37.3 Å². The third kappa shape index (κ3) is 3.47. The molecule has 0 aliphatic heterocycles. The topological polar surface area (TPSA) is 65.7 Å². The van der Waals surface area contributed by atoms with Gasteiger partial charge in [0.15, 0.2) is 0 Å². The van der Waals surface area contributed by atoms with E-state index in [0.29, 0.717) is 28.7 Å². The number of rotatable bonds is 5. The van der Waals surface area contributed by atoms with Crippen LogP contribution in [-0.2, 0) is 16.0 Å². The quantitative estimate of drug-likeness (QED) is 0.514. The fourth-order valence-electron chi connectivity index (χ4n) is 2.96. The Hall–Kier alpha value is -3.08. The molecule has 0 unspecified atom stereocenters. The molecule has 0 radical (unpaired) electrons. The first kappa shape index (κ1) is 17.7. The van der Waals surface area contributed by atoms with E-state index in [9.17, 15) is 9.59 Å². The van der Waals surface area contributed by atoms with Crippen LogP contribution in [0.1, 0.15) is 29.7 Å². The van der Waals surface area contributed by atoms with Gasteiger partial charge in [0, 0.05) is 11.6 Å². The number of methoxy groups -OCH3 is 1. The van der Waals surface area contributed by atoms with Gasteiger partial charge in [0.1, 0.15) is 11.3 Å². The SMILES string of the molecule is CCc1cc(=O)oc2cc(C)cc(O[C@@H](C(=O)OC)c3ccccc3)c12. The number of fused-ring (bicyclic) bond motifs is 1. The van der Waals surface area contributed by atoms with Crippen LogP contribution in [0.4, 0.5) is 0 Å². The van der Waals surface area contributed by atoms with E-state index < -0.39 is 17.7 Å². The summed E-state index contributed by atoms with van der Waals surface area (Å²) in [5.74, 6) is -0.0128. The first-order valence-corrected chi connectivity index (χ1v) is 8.40. The maximum Gasteiger partial charge on any atom is 0.351 e. The normalized spacial score (nSPS) is 12.0. The van der Waals surface area contributed by atoms with Crippen LogP contribution in [0.15, 0.2) is 57.7 Å². The van der Waals surface area contributed by atoms with Gasteiger partial charge in [0.05, 0.1) is 12.5 Å². The molecule has 0 N–H and O–H groups in total. The van der Waals surface area contributed by atoms with E-state index in [2.05, 4.69) is 0 Å². The van der Waals surface area contributed by atoms with Crippen LogP contribution in [0.3, 0.4) is 0 Å². The Kier molecular flexibility index (Phi) is 5.07. The summed E-state index contributed by atoms with van der Waals surface area (Å²) in [4.78, 5) is 24.1. The molecular formula is C21H20O5. The fourth-order valence-corrected chi connectivity index (χ4v) is 2.96. The second kappa shape index (κ2) is 7.44. The average Bonchev–Trinajstić information content (AvgIpc) is 2.64. The molecule has 5 nitrogen and oxygen atoms in total. The van der Waals surface area contributed by atoms with Crippen LogP contribution in [0.25, 0.3) is 11.0 Å². The molecule has 3 rings (SSSR count). The standard InChI is InChI=1S/C21H20O5/c1-4-14-12-18(22)25-16-10-13(2)11-17(19(14)16)26-20(21(23)24-3)15-8-6-5-7-9-15/h5-12,20H,4H2,1-3H3/t20-/m1/s1. The molecule has 0 amide bonds. The van der Waals surface area contributed by atoms with Crippen molar-refractivity contribution in [1.29, 1.82) is 0 Å². The molecule has 0 saturated heterocycles. The number of esters is 1. The van der Waals surface area contributed by atoms with Gasteiger partial charge in [-0.05, 0) is 36.6 Å². The monoisotopic (exact) mass is 352 g/mol. The summed E-state index contributed by atoms with van der Waals surface area (Å²) in [5, 5.41) is 0.697. The zero-order valence-corrected chi connectivity index (χ0v) is 14.9. The van der Waals surface area contributed by atoms with E-state index >= 15 is 0 Å². The van der Waals surface area contributed by atoms with Crippen LogP contribution in [0.5, 0.6) is 5.75 Å². The van der Waals surface area contributed by atoms with Gasteiger partial charge in [-0.25, -0.2) is 9.59 Å². The zero-order chi connectivity index (χ0) is 18.7. The summed E-state index contributed by atoms with van der Waals surface area (Å²) < 4.78 is 16.4. The minimum Gasteiger partial charge on any atom is -0.473 e. The van der Waals surface area contributed by atoms with Gasteiger partial charge in [-0.3, -0.25) is 0 Å². The lowest BCUT2D eigenvalue weighted by Gasteiger charge is -2.19. The number of carbonyl (C=O) groups excluding carboxylic acids is 1. The fraction of sp³-hybridized carbons (Fsp3) is 0.238. The predicted molar refractivity (Wildman–Crippen MR) is 98.4 cm³/mol. The second-order valence-electron chi connectivity index (χ2n) is 6.01. The number of carbonyl (C=O) groups is 1. The Morgan fingerprint density at radius 2 is 1.88 bits per heavy atom. The van der Waals surface area contributed by atoms with E-state index in [0.717, 1.165) is 11.1 Å². The minimum absolute atomic E-state index is 0.404. The third-order valence-corrected chi connectivity index (χ3v) is 4.18. The zero-order valence-electron chi connectivity index (χ0n) is 14.9. The Bertz CT molecular complexity index is 988. The highest BCUT2D eigenvalue weighted by molar-refractivity contribution is 5.88. The predicted octanol–water partition coefficient (Wildman–Crippen LogP) is 3.96. The van der Waals surface area contributed by atoms with Crippen LogP contribution in [0, 0.1) is 6.92 Å². The summed E-state index contributed by atoms with van der Waals surface area (Å²) in [6.07, 6.45) is -0.279. The van der Waals surface area contributed by atoms with Crippen molar-refractivity contribution in [3.63, 3.8) is 0 Å². The van der Waals surface area contributed by atoms with Crippen molar-refractivity contribution in [1.82, 2.24) is 0 Å². The van der Waals surface area contributed by atoms with E-state index in [1.54, 1.807) is 18.2 Å². The third-order valence-electron chi connectivity index (χ3n) is 4.18. The lowest BCUT2D eigenvalue weighted by atomic mass is 10.0. The van der Waals surface area contributed by atoms with Crippen molar-refractivity contribution in [3.05, 3.63) is 75.6 Å². The molecule has 0 bridgehead atoms. The van der Waals surface area contributed by atoms with Crippen molar-refractivity contribution in [2.75, 3.05) is 7.11 Å². The van der Waals surface area contributed by atoms with Crippen molar-refractivity contribution >= 4 is 16.9 Å². The molecule has 0 aliphatic carbocycles. The number of benzene rings is 2. The number of hydrogen-bond donors (Lipinski definition) is 0. The summed E-state index contributed by atoms with van der Waals surface area (Å²) in [6, 6.07) is 14.2. The summed E-state index contributed by atoms with van der Waals surface area (Å²) in [5.41, 5.74) is 2.40. The van der Waals surface area contributed by atoms with Gasteiger partial charge in [-0.2, -0.15) is 0 Å². The molecule has 3 aromatic rings. The molecule has 0 spiro atoms. The van der Waals surface area contributed by atoms with Crippen molar-refractivity contribution < 1.29 is 18.7 Å². The Balaban J connectivity index is 2.17. The molecular weight excluding hydrogens is 332 g/mol. The summed E-state index contributed by atoms with van der Waals surface area (Å²) in [6.45, 7) is 3.83. The summed E-state index contributed by atoms with van der Waals surface area (Å²) in [7, 11) is 1.33. The molecule has 2 aromatic carbocycles. The second-order valence-corrected chi connectivity index (χ2v) is 6.01. The maximum atomic E-state index is 12.3. The summed E-state index contributed by atoms with van der Waals surface area (Å²) >= 11 is 0. The highest BCUT2D eigenvalue weighted by atomic mass is 16.6. The molecule has 1 heterocycles. The highest BCUT2D eigenvalue weighted by Crippen LogP contribution is 2.33. The molecule has 0 saturated carbocycles. The van der Waals surface area contributed by atoms with Crippen LogP contribution in [-0.4, -0.2) is 13.1 Å². The van der Waals surface area contributed by atoms with Gasteiger partial charge in [0.2, 0.25) is 6.10 Å². The molecule has 5 heteroatoms. The lowest BCUT2D eigenvalue weighted by molar-refractivity contribution is -0.149. The Labute approximate surface area is 151 Å². The molecule has 26 heavy (non-hydrogen) atoms. The smallest absolute Gasteiger partial charge is 0.351 e. The van der Waals surface area contributed by atoms with Crippen LogP contribution in [0.2, 0.25) is 0 Å². The van der Waals surface area contributed by atoms with Crippen molar-refractivity contribution in [2.45, 2.75) is 26.4 Å². The molecule has 0 aliphatic rings. The number of aryl methyl sites for hydroxylation is 2. The van der Waals surface area contributed by atoms with Gasteiger partial charge in [0.25, 0.3) is 0 Å². The number of ether oxygens (including phenoxy) is 2. The van der Waals surface area contributed by atoms with Crippen molar-refractivity contribution in [3.8, 4) is 5.75 Å².